The number of methoxy groups -OCH3 is 2. The first-order chi connectivity index (χ1) is 19.5. The van der Waals surface area contributed by atoms with Gasteiger partial charge in [0.1, 0.15) is 0 Å². The SMILES string of the molecule is COCCCOc1cc(C[C@@H](C[C@H](N)[C@@H](O)C[C@H](C(=O)N[C@@H](C)c2ccc(Br)cc2)C(C)C)C(C)C)ccc1OC.Cl. The molecule has 2 aromatic rings. The summed E-state index contributed by atoms with van der Waals surface area (Å²) in [5.74, 6) is 1.69. The van der Waals surface area contributed by atoms with E-state index in [2.05, 4.69) is 41.2 Å². The van der Waals surface area contributed by atoms with Gasteiger partial charge in [-0.3, -0.25) is 4.79 Å². The molecule has 238 valence electrons. The highest BCUT2D eigenvalue weighted by molar-refractivity contribution is 9.10. The lowest BCUT2D eigenvalue weighted by atomic mass is 9.80. The number of nitrogens with two attached hydrogens (primary N) is 1. The molecule has 42 heavy (non-hydrogen) atoms. The quantitative estimate of drug-likeness (QED) is 0.152. The normalized spacial score (nSPS) is 15.0. The number of ether oxygens (including phenoxy) is 3. The Morgan fingerprint density at radius 3 is 2.19 bits per heavy atom. The number of carbonyl (C=O) groups excluding carboxylic acids is 1. The van der Waals surface area contributed by atoms with Crippen LogP contribution in [0.2, 0.25) is 0 Å². The van der Waals surface area contributed by atoms with Gasteiger partial charge in [0.15, 0.2) is 11.5 Å². The number of halogens is 2. The van der Waals surface area contributed by atoms with E-state index in [1.165, 1.54) is 0 Å². The van der Waals surface area contributed by atoms with Crippen molar-refractivity contribution in [2.75, 3.05) is 27.4 Å². The summed E-state index contributed by atoms with van der Waals surface area (Å²) >= 11 is 3.45. The average Bonchev–Trinajstić information content (AvgIpc) is 2.93. The average molecular weight is 672 g/mol. The smallest absolute Gasteiger partial charge is 0.223 e. The maximum atomic E-state index is 13.3. The fourth-order valence-electron chi connectivity index (χ4n) is 5.02. The van der Waals surface area contributed by atoms with Crippen LogP contribution in [0.15, 0.2) is 46.9 Å². The molecule has 2 aromatic carbocycles. The van der Waals surface area contributed by atoms with Gasteiger partial charge in [-0.1, -0.05) is 61.8 Å². The van der Waals surface area contributed by atoms with Gasteiger partial charge in [-0.15, -0.1) is 12.4 Å². The summed E-state index contributed by atoms with van der Waals surface area (Å²) in [6, 6.07) is 13.4. The van der Waals surface area contributed by atoms with Crippen LogP contribution in [0.1, 0.15) is 71.0 Å². The molecule has 0 fully saturated rings. The van der Waals surface area contributed by atoms with Crippen LogP contribution >= 0.6 is 28.3 Å². The molecule has 0 saturated carbocycles. The predicted octanol–water partition coefficient (Wildman–Crippen LogP) is 6.73. The van der Waals surface area contributed by atoms with Crippen molar-refractivity contribution < 1.29 is 24.1 Å². The van der Waals surface area contributed by atoms with Crippen LogP contribution < -0.4 is 20.5 Å². The van der Waals surface area contributed by atoms with Gasteiger partial charge in [0.2, 0.25) is 5.91 Å². The van der Waals surface area contributed by atoms with Crippen molar-refractivity contribution in [1.29, 1.82) is 0 Å². The van der Waals surface area contributed by atoms with Crippen molar-refractivity contribution in [3.8, 4) is 11.5 Å². The molecule has 0 aliphatic rings. The lowest BCUT2D eigenvalue weighted by molar-refractivity contribution is -0.128. The zero-order chi connectivity index (χ0) is 30.5. The number of nitrogens with one attached hydrogen (secondary N) is 1. The van der Waals surface area contributed by atoms with Crippen LogP contribution in [0.25, 0.3) is 0 Å². The van der Waals surface area contributed by atoms with Crippen LogP contribution in [0, 0.1) is 23.7 Å². The Labute approximate surface area is 267 Å². The number of hydrogen-bond donors (Lipinski definition) is 3. The molecule has 4 N–H and O–H groups in total. The van der Waals surface area contributed by atoms with Crippen molar-refractivity contribution in [3.63, 3.8) is 0 Å². The Morgan fingerprint density at radius 2 is 1.62 bits per heavy atom. The van der Waals surface area contributed by atoms with Gasteiger partial charge in [-0.2, -0.15) is 0 Å². The maximum absolute atomic E-state index is 13.3. The topological polar surface area (TPSA) is 103 Å². The van der Waals surface area contributed by atoms with Crippen LogP contribution in [0.5, 0.6) is 11.5 Å². The molecule has 0 aliphatic carbocycles. The Balaban J connectivity index is 0.00000882. The van der Waals surface area contributed by atoms with E-state index in [0.29, 0.717) is 37.7 Å². The van der Waals surface area contributed by atoms with Crippen molar-refractivity contribution in [2.24, 2.45) is 29.4 Å². The third-order valence-corrected chi connectivity index (χ3v) is 8.38. The fraction of sp³-hybridized carbons (Fsp3) is 0.606. The van der Waals surface area contributed by atoms with Gasteiger partial charge in [0.05, 0.1) is 25.9 Å². The van der Waals surface area contributed by atoms with Gasteiger partial charge >= 0.3 is 0 Å². The Kier molecular flexibility index (Phi) is 17.7. The molecule has 0 saturated heterocycles. The summed E-state index contributed by atoms with van der Waals surface area (Å²) < 4.78 is 17.6. The number of aliphatic hydroxyl groups is 1. The van der Waals surface area contributed by atoms with E-state index in [0.717, 1.165) is 34.2 Å². The van der Waals surface area contributed by atoms with E-state index >= 15 is 0 Å². The molecule has 0 radical (unpaired) electrons. The fourth-order valence-corrected chi connectivity index (χ4v) is 5.28. The van der Waals surface area contributed by atoms with E-state index in [4.69, 9.17) is 19.9 Å². The van der Waals surface area contributed by atoms with Gasteiger partial charge < -0.3 is 30.4 Å². The number of amides is 1. The van der Waals surface area contributed by atoms with Crippen LogP contribution in [0.4, 0.5) is 0 Å². The van der Waals surface area contributed by atoms with Crippen molar-refractivity contribution in [3.05, 3.63) is 58.1 Å². The zero-order valence-corrected chi connectivity index (χ0v) is 28.7. The van der Waals surface area contributed by atoms with Crippen molar-refractivity contribution in [2.45, 2.75) is 78.5 Å². The Bertz CT molecular complexity index is 1050. The van der Waals surface area contributed by atoms with Gasteiger partial charge in [0, 0.05) is 36.6 Å². The van der Waals surface area contributed by atoms with Crippen LogP contribution in [-0.4, -0.2) is 50.6 Å². The molecular weight excluding hydrogens is 620 g/mol. The molecule has 0 spiro atoms. The first-order valence-electron chi connectivity index (χ1n) is 14.7. The monoisotopic (exact) mass is 670 g/mol. The highest BCUT2D eigenvalue weighted by atomic mass is 79.9. The highest BCUT2D eigenvalue weighted by Gasteiger charge is 2.30. The molecule has 0 bridgehead atoms. The van der Waals surface area contributed by atoms with E-state index in [-0.39, 0.29) is 42.1 Å². The molecule has 1 amide bonds. The molecule has 0 heterocycles. The number of rotatable bonds is 18. The van der Waals surface area contributed by atoms with E-state index in [1.54, 1.807) is 14.2 Å². The first-order valence-corrected chi connectivity index (χ1v) is 15.5. The second kappa shape index (κ2) is 19.4. The summed E-state index contributed by atoms with van der Waals surface area (Å²) in [6.45, 7) is 11.6. The first kappa shape index (κ1) is 38.2. The number of carbonyl (C=O) groups is 1. The Morgan fingerprint density at radius 1 is 0.952 bits per heavy atom. The van der Waals surface area contributed by atoms with Gasteiger partial charge in [0.25, 0.3) is 0 Å². The summed E-state index contributed by atoms with van der Waals surface area (Å²) in [6.07, 6.45) is 1.79. The summed E-state index contributed by atoms with van der Waals surface area (Å²) in [4.78, 5) is 13.3. The van der Waals surface area contributed by atoms with Gasteiger partial charge in [-0.25, -0.2) is 0 Å². The van der Waals surface area contributed by atoms with Crippen LogP contribution in [-0.2, 0) is 16.0 Å². The van der Waals surface area contributed by atoms with Gasteiger partial charge in [-0.05, 0) is 79.3 Å². The number of hydrogen-bond acceptors (Lipinski definition) is 6. The highest BCUT2D eigenvalue weighted by Crippen LogP contribution is 2.32. The van der Waals surface area contributed by atoms with E-state index in [1.807, 2.05) is 57.2 Å². The second-order valence-electron chi connectivity index (χ2n) is 11.7. The third kappa shape index (κ3) is 12.4. The minimum Gasteiger partial charge on any atom is -0.493 e. The predicted molar refractivity (Wildman–Crippen MR) is 177 cm³/mol. The molecule has 0 aromatic heterocycles. The summed E-state index contributed by atoms with van der Waals surface area (Å²) in [5.41, 5.74) is 8.76. The van der Waals surface area contributed by atoms with Crippen LogP contribution in [0.3, 0.4) is 0 Å². The minimum atomic E-state index is -0.784. The molecular formula is C33H52BrClN2O5. The van der Waals surface area contributed by atoms with Crippen molar-refractivity contribution >= 4 is 34.2 Å². The molecule has 7 nitrogen and oxygen atoms in total. The third-order valence-electron chi connectivity index (χ3n) is 7.85. The molecule has 2 rings (SSSR count). The molecule has 9 heteroatoms. The summed E-state index contributed by atoms with van der Waals surface area (Å²) in [7, 11) is 3.32. The van der Waals surface area contributed by atoms with E-state index in [9.17, 15) is 9.90 Å². The number of aliphatic hydroxyl groups excluding tert-OH is 1. The zero-order valence-electron chi connectivity index (χ0n) is 26.3. The number of benzene rings is 2. The molecule has 0 unspecified atom stereocenters. The van der Waals surface area contributed by atoms with E-state index < -0.39 is 12.1 Å². The minimum absolute atomic E-state index is 0. The second-order valence-corrected chi connectivity index (χ2v) is 12.6. The summed E-state index contributed by atoms with van der Waals surface area (Å²) in [5, 5.41) is 14.3. The maximum Gasteiger partial charge on any atom is 0.223 e. The largest absolute Gasteiger partial charge is 0.493 e. The lowest BCUT2D eigenvalue weighted by Gasteiger charge is -2.30. The lowest BCUT2D eigenvalue weighted by Crippen LogP contribution is -2.43. The standard InChI is InChI=1S/C33H51BrN2O5.ClH/c1-21(2)26(17-24-9-14-31(40-7)32(18-24)41-16-8-15-39-6)19-29(35)30(37)20-28(22(3)4)33(38)36-23(5)25-10-12-27(34)13-11-25;/h9-14,18,21-23,26,28-30,37H,8,15-17,19-20,35H2,1-7H3,(H,36,38);1H/t23-,26-,28-,29-,30-;/m0./s1. The van der Waals surface area contributed by atoms with Crippen molar-refractivity contribution in [1.82, 2.24) is 5.32 Å². The molecule has 0 aliphatic heterocycles. The Hall–Kier alpha value is -1.84. The molecule has 5 atom stereocenters.